The molecule has 0 heterocycles. The van der Waals surface area contributed by atoms with Crippen molar-refractivity contribution in [2.45, 2.75) is 44.2 Å². The molecule has 1 unspecified atom stereocenters. The molecule has 166 valence electrons. The van der Waals surface area contributed by atoms with Crippen LogP contribution in [0.4, 0.5) is 0 Å². The van der Waals surface area contributed by atoms with Crippen LogP contribution in [0.1, 0.15) is 30.4 Å². The molecule has 0 radical (unpaired) electrons. The van der Waals surface area contributed by atoms with Crippen molar-refractivity contribution in [2.24, 2.45) is 0 Å². The molecule has 1 aliphatic carbocycles. The Morgan fingerprint density at radius 2 is 1.68 bits per heavy atom. The molecule has 0 spiro atoms. The molecule has 3 rings (SSSR count). The van der Waals surface area contributed by atoms with Gasteiger partial charge in [0.25, 0.3) is 0 Å². The van der Waals surface area contributed by atoms with Crippen molar-refractivity contribution in [3.63, 3.8) is 0 Å². The van der Waals surface area contributed by atoms with Gasteiger partial charge in [0, 0.05) is 18.9 Å². The highest BCUT2D eigenvalue weighted by molar-refractivity contribution is 5.88. The van der Waals surface area contributed by atoms with Crippen LogP contribution in [-0.4, -0.2) is 45.2 Å². The van der Waals surface area contributed by atoms with Gasteiger partial charge in [0.2, 0.25) is 17.6 Å². The van der Waals surface area contributed by atoms with Crippen molar-refractivity contribution in [2.75, 3.05) is 21.3 Å². The smallest absolute Gasteiger partial charge is 0.243 e. The van der Waals surface area contributed by atoms with Crippen molar-refractivity contribution in [3.05, 3.63) is 53.6 Å². The van der Waals surface area contributed by atoms with Crippen LogP contribution in [0.25, 0.3) is 0 Å². The summed E-state index contributed by atoms with van der Waals surface area (Å²) in [4.78, 5) is 25.4. The number of carbonyl (C=O) groups excluding carboxylic acids is 2. The first-order valence-electron chi connectivity index (χ1n) is 10.5. The van der Waals surface area contributed by atoms with Gasteiger partial charge in [0.05, 0.1) is 21.3 Å². The molecule has 0 aliphatic heterocycles. The van der Waals surface area contributed by atoms with Crippen molar-refractivity contribution in [1.82, 2.24) is 10.6 Å². The minimum atomic E-state index is -0.609. The van der Waals surface area contributed by atoms with E-state index >= 15 is 0 Å². The minimum Gasteiger partial charge on any atom is -0.493 e. The van der Waals surface area contributed by atoms with E-state index in [4.69, 9.17) is 14.2 Å². The van der Waals surface area contributed by atoms with Gasteiger partial charge in [-0.15, -0.1) is 0 Å². The third kappa shape index (κ3) is 6.13. The second kappa shape index (κ2) is 10.7. The first-order chi connectivity index (χ1) is 15.0. The van der Waals surface area contributed by atoms with Crippen molar-refractivity contribution in [3.8, 4) is 17.2 Å². The summed E-state index contributed by atoms with van der Waals surface area (Å²) in [6.45, 7) is 0. The number of amides is 2. The Balaban J connectivity index is 1.65. The van der Waals surface area contributed by atoms with Gasteiger partial charge in [-0.2, -0.15) is 0 Å². The molecule has 2 N–H and O–H groups in total. The second-order valence-corrected chi connectivity index (χ2v) is 7.59. The van der Waals surface area contributed by atoms with Crippen LogP contribution < -0.4 is 24.8 Å². The molecule has 1 fully saturated rings. The summed E-state index contributed by atoms with van der Waals surface area (Å²) < 4.78 is 16.2. The molecule has 2 aromatic rings. The van der Waals surface area contributed by atoms with Crippen molar-refractivity contribution >= 4 is 11.8 Å². The van der Waals surface area contributed by atoms with E-state index in [1.807, 2.05) is 36.4 Å². The Labute approximate surface area is 183 Å². The lowest BCUT2D eigenvalue weighted by molar-refractivity contribution is -0.129. The fraction of sp³-hybridized carbons (Fsp3) is 0.417. The van der Waals surface area contributed by atoms with Gasteiger partial charge >= 0.3 is 0 Å². The highest BCUT2D eigenvalue weighted by Crippen LogP contribution is 2.40. The zero-order chi connectivity index (χ0) is 22.2. The molecular formula is C24H30N2O5. The van der Waals surface area contributed by atoms with Gasteiger partial charge < -0.3 is 24.8 Å². The molecule has 1 atom stereocenters. The van der Waals surface area contributed by atoms with Gasteiger partial charge in [0.1, 0.15) is 6.04 Å². The maximum Gasteiger partial charge on any atom is 0.243 e. The van der Waals surface area contributed by atoms with Crippen molar-refractivity contribution < 1.29 is 23.8 Å². The fourth-order valence-electron chi connectivity index (χ4n) is 3.46. The minimum absolute atomic E-state index is 0.136. The summed E-state index contributed by atoms with van der Waals surface area (Å²) in [6, 6.07) is 13.0. The summed E-state index contributed by atoms with van der Waals surface area (Å²) in [7, 11) is 4.66. The summed E-state index contributed by atoms with van der Waals surface area (Å²) in [5.41, 5.74) is 1.83. The summed E-state index contributed by atoms with van der Waals surface area (Å²) >= 11 is 0. The largest absolute Gasteiger partial charge is 0.493 e. The quantitative estimate of drug-likeness (QED) is 0.577. The summed E-state index contributed by atoms with van der Waals surface area (Å²) in [5.74, 6) is 1.27. The molecule has 7 nitrogen and oxygen atoms in total. The summed E-state index contributed by atoms with van der Waals surface area (Å²) in [5, 5.41) is 5.90. The van der Waals surface area contributed by atoms with E-state index in [0.29, 0.717) is 30.1 Å². The van der Waals surface area contributed by atoms with E-state index in [1.165, 1.54) is 0 Å². The second-order valence-electron chi connectivity index (χ2n) is 7.59. The van der Waals surface area contributed by atoms with E-state index in [2.05, 4.69) is 10.6 Å². The van der Waals surface area contributed by atoms with E-state index in [-0.39, 0.29) is 24.3 Å². The molecule has 7 heteroatoms. The third-order valence-corrected chi connectivity index (χ3v) is 5.27. The lowest BCUT2D eigenvalue weighted by Gasteiger charge is -2.19. The van der Waals surface area contributed by atoms with Crippen LogP contribution in [0.3, 0.4) is 0 Å². The normalized spacial score (nSPS) is 13.8. The maximum absolute atomic E-state index is 12.7. The number of aryl methyl sites for hydroxylation is 1. The van der Waals surface area contributed by atoms with Crippen LogP contribution >= 0.6 is 0 Å². The molecule has 0 aromatic heterocycles. The van der Waals surface area contributed by atoms with Crippen LogP contribution in [0.5, 0.6) is 17.2 Å². The Bertz CT molecular complexity index is 896. The highest BCUT2D eigenvalue weighted by atomic mass is 16.5. The Kier molecular flexibility index (Phi) is 7.76. The number of carbonyl (C=O) groups is 2. The van der Waals surface area contributed by atoms with E-state index in [9.17, 15) is 9.59 Å². The SMILES string of the molecule is COc1ccc(CCC(=O)NC(Cc2ccccc2)C(=O)NC2CC2)c(OC)c1OC. The molecule has 2 amide bonds. The number of ether oxygens (including phenoxy) is 3. The predicted molar refractivity (Wildman–Crippen MR) is 118 cm³/mol. The molecular weight excluding hydrogens is 396 g/mol. The Hall–Kier alpha value is -3.22. The maximum atomic E-state index is 12.7. The van der Waals surface area contributed by atoms with Gasteiger partial charge in [0.15, 0.2) is 11.5 Å². The number of methoxy groups -OCH3 is 3. The van der Waals surface area contributed by atoms with Crippen LogP contribution in [-0.2, 0) is 22.4 Å². The average Bonchev–Trinajstić information content (AvgIpc) is 3.61. The average molecular weight is 427 g/mol. The Morgan fingerprint density at radius 3 is 2.29 bits per heavy atom. The first-order valence-corrected chi connectivity index (χ1v) is 10.5. The van der Waals surface area contributed by atoms with Gasteiger partial charge in [-0.05, 0) is 36.5 Å². The van der Waals surface area contributed by atoms with E-state index in [1.54, 1.807) is 27.4 Å². The van der Waals surface area contributed by atoms with Crippen LogP contribution in [0.15, 0.2) is 42.5 Å². The van der Waals surface area contributed by atoms with Gasteiger partial charge in [-0.1, -0.05) is 36.4 Å². The lowest BCUT2D eigenvalue weighted by Crippen LogP contribution is -2.48. The number of nitrogens with one attached hydrogen (secondary N) is 2. The highest BCUT2D eigenvalue weighted by Gasteiger charge is 2.28. The number of hydrogen-bond acceptors (Lipinski definition) is 5. The topological polar surface area (TPSA) is 85.9 Å². The molecule has 1 aliphatic rings. The monoisotopic (exact) mass is 426 g/mol. The van der Waals surface area contributed by atoms with E-state index in [0.717, 1.165) is 24.0 Å². The van der Waals surface area contributed by atoms with Crippen LogP contribution in [0.2, 0.25) is 0 Å². The van der Waals surface area contributed by atoms with Crippen LogP contribution in [0, 0.1) is 0 Å². The predicted octanol–water partition coefficient (Wildman–Crippen LogP) is 2.65. The summed E-state index contributed by atoms with van der Waals surface area (Å²) in [6.07, 6.45) is 3.10. The molecule has 0 saturated heterocycles. The zero-order valence-corrected chi connectivity index (χ0v) is 18.3. The lowest BCUT2D eigenvalue weighted by atomic mass is 10.0. The van der Waals surface area contributed by atoms with E-state index < -0.39 is 6.04 Å². The number of rotatable bonds is 11. The third-order valence-electron chi connectivity index (χ3n) is 5.27. The molecule has 31 heavy (non-hydrogen) atoms. The number of hydrogen-bond donors (Lipinski definition) is 2. The molecule has 0 bridgehead atoms. The van der Waals surface area contributed by atoms with Crippen molar-refractivity contribution in [1.29, 1.82) is 0 Å². The molecule has 2 aromatic carbocycles. The standard InChI is InChI=1S/C24H30N2O5/c1-29-20-13-9-17(22(30-2)23(20)31-3)10-14-21(27)26-19(24(28)25-18-11-12-18)15-16-7-5-4-6-8-16/h4-9,13,18-19H,10-12,14-15H2,1-3H3,(H,25,28)(H,26,27). The van der Waals surface area contributed by atoms with Gasteiger partial charge in [-0.3, -0.25) is 9.59 Å². The van der Waals surface area contributed by atoms with Gasteiger partial charge in [-0.25, -0.2) is 0 Å². The molecule has 1 saturated carbocycles. The Morgan fingerprint density at radius 1 is 0.968 bits per heavy atom. The number of benzene rings is 2. The fourth-order valence-corrected chi connectivity index (χ4v) is 3.46. The first kappa shape index (κ1) is 22.5. The zero-order valence-electron chi connectivity index (χ0n) is 18.3.